The minimum Gasteiger partial charge on any atom is -0.389 e. The van der Waals surface area contributed by atoms with E-state index in [2.05, 4.69) is 9.55 Å². The van der Waals surface area contributed by atoms with Crippen LogP contribution >= 0.6 is 35.4 Å². The van der Waals surface area contributed by atoms with Crippen LogP contribution in [0.4, 0.5) is 0 Å². The van der Waals surface area contributed by atoms with Crippen LogP contribution in [0.2, 0.25) is 10.0 Å². The van der Waals surface area contributed by atoms with E-state index in [1.54, 1.807) is 12.3 Å². The Balaban J connectivity index is 1.87. The molecule has 0 amide bonds. The summed E-state index contributed by atoms with van der Waals surface area (Å²) in [6.07, 6.45) is 4.37. The van der Waals surface area contributed by atoms with Gasteiger partial charge in [0.05, 0.1) is 0 Å². The van der Waals surface area contributed by atoms with Crippen molar-refractivity contribution in [3.8, 4) is 0 Å². The summed E-state index contributed by atoms with van der Waals surface area (Å²) in [4.78, 5) is 4.85. The Kier molecular flexibility index (Phi) is 5.19. The number of hydrogen-bond donors (Lipinski definition) is 1. The van der Waals surface area contributed by atoms with E-state index in [0.717, 1.165) is 22.5 Å². The van der Waals surface area contributed by atoms with Crippen LogP contribution in [0.25, 0.3) is 0 Å². The summed E-state index contributed by atoms with van der Waals surface area (Å²) < 4.78 is 2.08. The maximum absolute atomic E-state index is 6.08. The molecule has 0 aliphatic carbocycles. The first-order valence-corrected chi connectivity index (χ1v) is 8.52. The average Bonchev–Trinajstić information content (AvgIpc) is 2.93. The van der Waals surface area contributed by atoms with E-state index in [0.29, 0.717) is 28.0 Å². The van der Waals surface area contributed by atoms with Crippen LogP contribution in [-0.2, 0) is 13.0 Å². The Hall–Kier alpha value is -1.88. The summed E-state index contributed by atoms with van der Waals surface area (Å²) in [6.45, 7) is 0.650. The van der Waals surface area contributed by atoms with Crippen LogP contribution in [-0.4, -0.2) is 14.5 Å². The molecule has 1 aromatic heterocycles. The molecule has 24 heavy (non-hydrogen) atoms. The normalized spacial score (nSPS) is 10.8. The van der Waals surface area contributed by atoms with Gasteiger partial charge in [0.2, 0.25) is 0 Å². The summed E-state index contributed by atoms with van der Waals surface area (Å²) in [5.41, 5.74) is 8.78. The largest absolute Gasteiger partial charge is 0.389 e. The van der Waals surface area contributed by atoms with Crippen molar-refractivity contribution in [3.63, 3.8) is 0 Å². The third-order valence-corrected chi connectivity index (χ3v) is 4.37. The van der Waals surface area contributed by atoms with Crippen molar-refractivity contribution in [2.45, 2.75) is 13.0 Å². The van der Waals surface area contributed by atoms with Crippen molar-refractivity contribution in [3.05, 3.63) is 87.4 Å². The zero-order valence-corrected chi connectivity index (χ0v) is 15.1. The van der Waals surface area contributed by atoms with Gasteiger partial charge in [-0.25, -0.2) is 4.98 Å². The maximum Gasteiger partial charge on any atom is 0.113 e. The Bertz CT molecular complexity index is 869. The van der Waals surface area contributed by atoms with Gasteiger partial charge in [0.15, 0.2) is 0 Å². The van der Waals surface area contributed by atoms with Crippen LogP contribution in [0, 0.1) is 0 Å². The van der Waals surface area contributed by atoms with E-state index in [1.807, 2.05) is 42.6 Å². The van der Waals surface area contributed by atoms with Gasteiger partial charge in [0.25, 0.3) is 0 Å². The van der Waals surface area contributed by atoms with Crippen LogP contribution in [0.5, 0.6) is 0 Å². The summed E-state index contributed by atoms with van der Waals surface area (Å²) in [7, 11) is 0. The number of hydrogen-bond acceptors (Lipinski definition) is 2. The molecule has 0 spiro atoms. The molecule has 1 heterocycles. The van der Waals surface area contributed by atoms with E-state index < -0.39 is 0 Å². The minimum absolute atomic E-state index is 0.397. The molecule has 122 valence electrons. The van der Waals surface area contributed by atoms with Gasteiger partial charge in [-0.3, -0.25) is 0 Å². The lowest BCUT2D eigenvalue weighted by Crippen LogP contribution is -2.14. The quantitative estimate of drug-likeness (QED) is 0.669. The highest BCUT2D eigenvalue weighted by atomic mass is 35.5. The standard InChI is InChI=1S/C18H15Cl2N3S/c19-14-7-12(8-15(20)10-14)9-17-22-5-6-23(17)11-13-3-1-2-4-16(13)18(21)24/h1-8,10H,9,11H2,(H2,21,24). The van der Waals surface area contributed by atoms with E-state index in [4.69, 9.17) is 41.2 Å². The Labute approximate surface area is 156 Å². The number of nitrogens with zero attached hydrogens (tertiary/aromatic N) is 2. The lowest BCUT2D eigenvalue weighted by molar-refractivity contribution is 0.740. The fourth-order valence-corrected chi connectivity index (χ4v) is 3.40. The molecule has 0 radical (unpaired) electrons. The van der Waals surface area contributed by atoms with Crippen molar-refractivity contribution >= 4 is 40.4 Å². The number of nitrogens with two attached hydrogens (primary N) is 1. The smallest absolute Gasteiger partial charge is 0.113 e. The van der Waals surface area contributed by atoms with Crippen molar-refractivity contribution in [1.29, 1.82) is 0 Å². The summed E-state index contributed by atoms with van der Waals surface area (Å²) in [6, 6.07) is 13.4. The molecule has 0 bridgehead atoms. The van der Waals surface area contributed by atoms with E-state index >= 15 is 0 Å². The topological polar surface area (TPSA) is 43.8 Å². The SMILES string of the molecule is NC(=S)c1ccccc1Cn1ccnc1Cc1cc(Cl)cc(Cl)c1. The Morgan fingerprint density at radius 2 is 1.83 bits per heavy atom. The van der Waals surface area contributed by atoms with E-state index in [1.165, 1.54) is 0 Å². The molecule has 3 aromatic rings. The third kappa shape index (κ3) is 3.96. The summed E-state index contributed by atoms with van der Waals surface area (Å²) in [5.74, 6) is 0.922. The summed E-state index contributed by atoms with van der Waals surface area (Å²) in [5, 5.41) is 1.24. The number of thiocarbonyl (C=S) groups is 1. The van der Waals surface area contributed by atoms with E-state index in [-0.39, 0.29) is 0 Å². The molecular formula is C18H15Cl2N3S. The Morgan fingerprint density at radius 1 is 1.12 bits per heavy atom. The molecule has 0 atom stereocenters. The number of aromatic nitrogens is 2. The van der Waals surface area contributed by atoms with Crippen molar-refractivity contribution in [2.75, 3.05) is 0 Å². The van der Waals surface area contributed by atoms with Gasteiger partial charge in [-0.15, -0.1) is 0 Å². The highest BCUT2D eigenvalue weighted by Crippen LogP contribution is 2.21. The third-order valence-electron chi connectivity index (χ3n) is 3.71. The van der Waals surface area contributed by atoms with Crippen LogP contribution in [0.15, 0.2) is 54.9 Å². The molecule has 3 rings (SSSR count). The second-order valence-electron chi connectivity index (χ2n) is 5.45. The first-order chi connectivity index (χ1) is 11.5. The molecule has 0 saturated heterocycles. The molecule has 0 aliphatic heterocycles. The first-order valence-electron chi connectivity index (χ1n) is 7.35. The zero-order valence-electron chi connectivity index (χ0n) is 12.7. The number of imidazole rings is 1. The molecule has 6 heteroatoms. The molecule has 2 N–H and O–H groups in total. The van der Waals surface area contributed by atoms with Crippen LogP contribution < -0.4 is 5.73 Å². The van der Waals surface area contributed by atoms with Crippen molar-refractivity contribution in [1.82, 2.24) is 9.55 Å². The minimum atomic E-state index is 0.397. The van der Waals surface area contributed by atoms with Gasteiger partial charge >= 0.3 is 0 Å². The highest BCUT2D eigenvalue weighted by Gasteiger charge is 2.09. The second kappa shape index (κ2) is 7.34. The van der Waals surface area contributed by atoms with Gasteiger partial charge in [0.1, 0.15) is 10.8 Å². The summed E-state index contributed by atoms with van der Waals surface area (Å²) >= 11 is 17.3. The van der Waals surface area contributed by atoms with Gasteiger partial charge < -0.3 is 10.3 Å². The fraction of sp³-hybridized carbons (Fsp3) is 0.111. The molecule has 3 nitrogen and oxygen atoms in total. The molecule has 0 saturated carbocycles. The number of rotatable bonds is 5. The Morgan fingerprint density at radius 3 is 2.54 bits per heavy atom. The lowest BCUT2D eigenvalue weighted by atomic mass is 10.1. The van der Waals surface area contributed by atoms with Gasteiger partial charge in [0, 0.05) is 41.0 Å². The molecular weight excluding hydrogens is 361 g/mol. The van der Waals surface area contributed by atoms with E-state index in [9.17, 15) is 0 Å². The van der Waals surface area contributed by atoms with Crippen molar-refractivity contribution in [2.24, 2.45) is 5.73 Å². The number of halogens is 2. The lowest BCUT2D eigenvalue weighted by Gasteiger charge is -2.12. The van der Waals surface area contributed by atoms with Crippen LogP contribution in [0.3, 0.4) is 0 Å². The number of benzene rings is 2. The second-order valence-corrected chi connectivity index (χ2v) is 6.76. The first kappa shape index (κ1) is 17.0. The maximum atomic E-state index is 6.08. The molecule has 0 unspecified atom stereocenters. The fourth-order valence-electron chi connectivity index (χ4n) is 2.63. The van der Waals surface area contributed by atoms with Crippen molar-refractivity contribution < 1.29 is 0 Å². The average molecular weight is 376 g/mol. The monoisotopic (exact) mass is 375 g/mol. The predicted octanol–water partition coefficient (Wildman–Crippen LogP) is 4.46. The predicted molar refractivity (Wildman–Crippen MR) is 103 cm³/mol. The highest BCUT2D eigenvalue weighted by molar-refractivity contribution is 7.80. The van der Waals surface area contributed by atoms with Gasteiger partial charge in [-0.1, -0.05) is 59.7 Å². The molecule has 0 aliphatic rings. The molecule has 2 aromatic carbocycles. The van der Waals surface area contributed by atoms with Crippen LogP contribution in [0.1, 0.15) is 22.5 Å². The van der Waals surface area contributed by atoms with Gasteiger partial charge in [-0.2, -0.15) is 0 Å². The zero-order chi connectivity index (χ0) is 17.1. The van der Waals surface area contributed by atoms with Gasteiger partial charge in [-0.05, 0) is 29.3 Å². The molecule has 0 fully saturated rings.